The molecule has 20 heavy (non-hydrogen) atoms. The van der Waals surface area contributed by atoms with Crippen LogP contribution in [-0.4, -0.2) is 36.1 Å². The SMILES string of the molecule is C=C(C)C(=O)NCCOC(=O)c1ccc(C(=O)O)cc1. The molecule has 0 heterocycles. The zero-order valence-corrected chi connectivity index (χ0v) is 11.0. The fourth-order valence-corrected chi connectivity index (χ4v) is 1.29. The van der Waals surface area contributed by atoms with E-state index in [0.717, 1.165) is 0 Å². The van der Waals surface area contributed by atoms with Gasteiger partial charge in [-0.25, -0.2) is 9.59 Å². The van der Waals surface area contributed by atoms with E-state index in [1.54, 1.807) is 6.92 Å². The number of nitrogens with one attached hydrogen (secondary N) is 1. The molecule has 0 aliphatic rings. The van der Waals surface area contributed by atoms with Gasteiger partial charge in [0.1, 0.15) is 6.61 Å². The Balaban J connectivity index is 2.41. The number of aromatic carboxylic acids is 1. The minimum Gasteiger partial charge on any atom is -0.478 e. The second-order valence-corrected chi connectivity index (χ2v) is 4.05. The number of carboxylic acids is 1. The van der Waals surface area contributed by atoms with Crippen molar-refractivity contribution in [2.45, 2.75) is 6.92 Å². The maximum atomic E-state index is 11.6. The molecule has 6 heteroatoms. The molecule has 2 N–H and O–H groups in total. The standard InChI is InChI=1S/C14H15NO5/c1-9(2)12(16)15-7-8-20-14(19)11-5-3-10(4-6-11)13(17)18/h3-6H,1,7-8H2,2H3,(H,15,16)(H,17,18). The minimum absolute atomic E-state index is 0.0263. The molecule has 6 nitrogen and oxygen atoms in total. The number of amides is 1. The molecule has 1 rings (SSSR count). The number of hydrogen-bond acceptors (Lipinski definition) is 4. The van der Waals surface area contributed by atoms with E-state index in [4.69, 9.17) is 9.84 Å². The molecule has 0 fully saturated rings. The normalized spacial score (nSPS) is 9.65. The van der Waals surface area contributed by atoms with Gasteiger partial charge in [0.05, 0.1) is 17.7 Å². The maximum absolute atomic E-state index is 11.6. The van der Waals surface area contributed by atoms with Crippen LogP contribution in [0.5, 0.6) is 0 Å². The summed E-state index contributed by atoms with van der Waals surface area (Å²) >= 11 is 0. The molecule has 0 aliphatic carbocycles. The first-order chi connectivity index (χ1) is 9.41. The lowest BCUT2D eigenvalue weighted by atomic mass is 10.1. The Kier molecular flexibility index (Phi) is 5.46. The van der Waals surface area contributed by atoms with E-state index >= 15 is 0 Å². The molecule has 0 aromatic heterocycles. The molecular weight excluding hydrogens is 262 g/mol. The van der Waals surface area contributed by atoms with Gasteiger partial charge in [0, 0.05) is 5.57 Å². The highest BCUT2D eigenvalue weighted by atomic mass is 16.5. The van der Waals surface area contributed by atoms with Crippen LogP contribution in [0, 0.1) is 0 Å². The monoisotopic (exact) mass is 277 g/mol. The molecule has 0 aliphatic heterocycles. The van der Waals surface area contributed by atoms with E-state index in [2.05, 4.69) is 11.9 Å². The third-order valence-corrected chi connectivity index (χ3v) is 2.38. The smallest absolute Gasteiger partial charge is 0.338 e. The fourth-order valence-electron chi connectivity index (χ4n) is 1.29. The second-order valence-electron chi connectivity index (χ2n) is 4.05. The van der Waals surface area contributed by atoms with Crippen LogP contribution in [0.1, 0.15) is 27.6 Å². The van der Waals surface area contributed by atoms with Crippen LogP contribution in [-0.2, 0) is 9.53 Å². The van der Waals surface area contributed by atoms with Crippen molar-refractivity contribution in [3.05, 3.63) is 47.5 Å². The van der Waals surface area contributed by atoms with Gasteiger partial charge < -0.3 is 15.2 Å². The zero-order valence-electron chi connectivity index (χ0n) is 11.0. The Hall–Kier alpha value is -2.63. The molecular formula is C14H15NO5. The van der Waals surface area contributed by atoms with Crippen molar-refractivity contribution in [2.75, 3.05) is 13.2 Å². The van der Waals surface area contributed by atoms with Crippen LogP contribution >= 0.6 is 0 Å². The quantitative estimate of drug-likeness (QED) is 0.463. The summed E-state index contributed by atoms with van der Waals surface area (Å²) in [7, 11) is 0. The number of benzene rings is 1. The average Bonchev–Trinajstić information content (AvgIpc) is 2.43. The summed E-state index contributed by atoms with van der Waals surface area (Å²) in [6.07, 6.45) is 0. The summed E-state index contributed by atoms with van der Waals surface area (Å²) < 4.78 is 4.93. The Morgan fingerprint density at radius 3 is 2.25 bits per heavy atom. The molecule has 0 spiro atoms. The predicted molar refractivity (Wildman–Crippen MR) is 71.5 cm³/mol. The van der Waals surface area contributed by atoms with Crippen molar-refractivity contribution in [3.8, 4) is 0 Å². The van der Waals surface area contributed by atoms with Crippen LogP contribution in [0.3, 0.4) is 0 Å². The number of carbonyl (C=O) groups is 3. The van der Waals surface area contributed by atoms with Gasteiger partial charge in [-0.3, -0.25) is 4.79 Å². The van der Waals surface area contributed by atoms with Gasteiger partial charge in [-0.1, -0.05) is 6.58 Å². The van der Waals surface area contributed by atoms with E-state index in [0.29, 0.717) is 5.57 Å². The number of esters is 1. The van der Waals surface area contributed by atoms with Gasteiger partial charge in [0.2, 0.25) is 5.91 Å². The summed E-state index contributed by atoms with van der Waals surface area (Å²) in [4.78, 5) is 33.4. The second kappa shape index (κ2) is 7.08. The molecule has 1 aromatic carbocycles. The van der Waals surface area contributed by atoms with E-state index in [-0.39, 0.29) is 30.2 Å². The maximum Gasteiger partial charge on any atom is 0.338 e. The third-order valence-electron chi connectivity index (χ3n) is 2.38. The van der Waals surface area contributed by atoms with Crippen molar-refractivity contribution in [2.24, 2.45) is 0 Å². The molecule has 0 unspecified atom stereocenters. The summed E-state index contributed by atoms with van der Waals surface area (Å²) in [6, 6.07) is 5.39. The highest BCUT2D eigenvalue weighted by molar-refractivity contribution is 5.93. The van der Waals surface area contributed by atoms with Crippen LogP contribution in [0.4, 0.5) is 0 Å². The van der Waals surface area contributed by atoms with Gasteiger partial charge in [-0.15, -0.1) is 0 Å². The van der Waals surface area contributed by atoms with E-state index in [1.807, 2.05) is 0 Å². The summed E-state index contributed by atoms with van der Waals surface area (Å²) in [5.41, 5.74) is 0.720. The predicted octanol–water partition coefficient (Wildman–Crippen LogP) is 1.23. The molecule has 1 amide bonds. The first kappa shape index (κ1) is 15.4. The van der Waals surface area contributed by atoms with Gasteiger partial charge in [0.15, 0.2) is 0 Å². The summed E-state index contributed by atoms with van der Waals surface area (Å²) in [5.74, 6) is -1.94. The Labute approximate surface area is 116 Å². The lowest BCUT2D eigenvalue weighted by Crippen LogP contribution is -2.28. The third kappa shape index (κ3) is 4.56. The van der Waals surface area contributed by atoms with Gasteiger partial charge >= 0.3 is 11.9 Å². The van der Waals surface area contributed by atoms with Crippen molar-refractivity contribution in [1.29, 1.82) is 0 Å². The highest BCUT2D eigenvalue weighted by Gasteiger charge is 2.09. The highest BCUT2D eigenvalue weighted by Crippen LogP contribution is 2.05. The molecule has 0 bridgehead atoms. The van der Waals surface area contributed by atoms with Gasteiger partial charge in [-0.05, 0) is 31.2 Å². The van der Waals surface area contributed by atoms with Crippen LogP contribution in [0.15, 0.2) is 36.4 Å². The van der Waals surface area contributed by atoms with E-state index in [1.165, 1.54) is 24.3 Å². The topological polar surface area (TPSA) is 92.7 Å². The molecule has 106 valence electrons. The van der Waals surface area contributed by atoms with Gasteiger partial charge in [0.25, 0.3) is 0 Å². The molecule has 0 saturated carbocycles. The van der Waals surface area contributed by atoms with Crippen molar-refractivity contribution in [1.82, 2.24) is 5.32 Å². The van der Waals surface area contributed by atoms with Crippen LogP contribution in [0.25, 0.3) is 0 Å². The molecule has 0 saturated heterocycles. The molecule has 1 aromatic rings. The first-order valence-electron chi connectivity index (χ1n) is 5.86. The van der Waals surface area contributed by atoms with Crippen LogP contribution < -0.4 is 5.32 Å². The number of carbonyl (C=O) groups excluding carboxylic acids is 2. The minimum atomic E-state index is -1.06. The average molecular weight is 277 g/mol. The van der Waals surface area contributed by atoms with E-state index in [9.17, 15) is 14.4 Å². The van der Waals surface area contributed by atoms with Crippen molar-refractivity contribution < 1.29 is 24.2 Å². The molecule has 0 atom stereocenters. The fraction of sp³-hybridized carbons (Fsp3) is 0.214. The molecule has 0 radical (unpaired) electrons. The number of ether oxygens (including phenoxy) is 1. The largest absolute Gasteiger partial charge is 0.478 e. The Morgan fingerprint density at radius 1 is 1.20 bits per heavy atom. The zero-order chi connectivity index (χ0) is 15.1. The summed E-state index contributed by atoms with van der Waals surface area (Å²) in [5, 5.41) is 11.2. The van der Waals surface area contributed by atoms with Crippen molar-refractivity contribution >= 4 is 17.8 Å². The number of carboxylic acid groups (broad SMARTS) is 1. The van der Waals surface area contributed by atoms with E-state index < -0.39 is 11.9 Å². The summed E-state index contributed by atoms with van der Waals surface area (Å²) in [6.45, 7) is 5.26. The lowest BCUT2D eigenvalue weighted by Gasteiger charge is -2.06. The van der Waals surface area contributed by atoms with Gasteiger partial charge in [-0.2, -0.15) is 0 Å². The number of rotatable bonds is 6. The van der Waals surface area contributed by atoms with Crippen molar-refractivity contribution in [3.63, 3.8) is 0 Å². The Bertz CT molecular complexity index is 533. The van der Waals surface area contributed by atoms with Crippen LogP contribution in [0.2, 0.25) is 0 Å². The number of hydrogen-bond donors (Lipinski definition) is 2. The first-order valence-corrected chi connectivity index (χ1v) is 5.86. The Morgan fingerprint density at radius 2 is 1.75 bits per heavy atom. The lowest BCUT2D eigenvalue weighted by molar-refractivity contribution is -0.117.